The maximum absolute atomic E-state index is 12.1. The summed E-state index contributed by atoms with van der Waals surface area (Å²) in [6.45, 7) is 2.70. The van der Waals surface area contributed by atoms with Gasteiger partial charge in [0, 0.05) is 17.6 Å². The lowest BCUT2D eigenvalue weighted by atomic mass is 9.98. The van der Waals surface area contributed by atoms with Crippen LogP contribution in [0, 0.1) is 6.92 Å². The highest BCUT2D eigenvalue weighted by molar-refractivity contribution is 7.09. The Bertz CT molecular complexity index is 539. The monoisotopic (exact) mass is 275 g/mol. The van der Waals surface area contributed by atoms with Gasteiger partial charge >= 0.3 is 0 Å². The minimum atomic E-state index is -0.303. The van der Waals surface area contributed by atoms with Crippen LogP contribution in [0.4, 0.5) is 0 Å². The Morgan fingerprint density at radius 1 is 1.42 bits per heavy atom. The highest BCUT2D eigenvalue weighted by atomic mass is 32.1. The van der Waals surface area contributed by atoms with Crippen molar-refractivity contribution in [1.29, 1.82) is 0 Å². The van der Waals surface area contributed by atoms with Crippen molar-refractivity contribution in [3.8, 4) is 0 Å². The first-order chi connectivity index (χ1) is 9.20. The zero-order valence-corrected chi connectivity index (χ0v) is 11.6. The average Bonchev–Trinajstić information content (AvgIpc) is 2.84. The van der Waals surface area contributed by atoms with E-state index in [4.69, 9.17) is 5.73 Å². The Labute approximate surface area is 116 Å². The zero-order valence-electron chi connectivity index (χ0n) is 10.8. The summed E-state index contributed by atoms with van der Waals surface area (Å²) < 4.78 is 0. The van der Waals surface area contributed by atoms with Gasteiger partial charge in [-0.15, -0.1) is 11.3 Å². The van der Waals surface area contributed by atoms with Gasteiger partial charge in [-0.2, -0.15) is 0 Å². The van der Waals surface area contributed by atoms with Gasteiger partial charge in [-0.3, -0.25) is 4.79 Å². The second-order valence-electron chi connectivity index (χ2n) is 4.30. The first-order valence-corrected chi connectivity index (χ1v) is 7.02. The summed E-state index contributed by atoms with van der Waals surface area (Å²) >= 11 is 1.55. The molecular weight excluding hydrogens is 258 g/mol. The zero-order chi connectivity index (χ0) is 13.7. The van der Waals surface area contributed by atoms with Crippen molar-refractivity contribution >= 4 is 17.2 Å². The third kappa shape index (κ3) is 3.62. The highest BCUT2D eigenvalue weighted by Gasteiger charge is 2.18. The molecule has 0 spiro atoms. The van der Waals surface area contributed by atoms with Crippen molar-refractivity contribution in [3.63, 3.8) is 0 Å². The Balaban J connectivity index is 1.98. The molecular formula is C14H17N3OS. The maximum atomic E-state index is 12.1. The number of carbonyl (C=O) groups is 1. The topological polar surface area (TPSA) is 68.0 Å². The summed E-state index contributed by atoms with van der Waals surface area (Å²) in [5.41, 5.74) is 7.63. The van der Waals surface area contributed by atoms with Crippen LogP contribution in [0.3, 0.4) is 0 Å². The number of amides is 1. The van der Waals surface area contributed by atoms with Crippen molar-refractivity contribution < 1.29 is 4.79 Å². The van der Waals surface area contributed by atoms with E-state index in [2.05, 4.69) is 10.3 Å². The molecule has 100 valence electrons. The number of nitrogens with one attached hydrogen (secondary N) is 1. The van der Waals surface area contributed by atoms with Crippen LogP contribution < -0.4 is 11.1 Å². The number of nitrogens with zero attached hydrogens (tertiary/aromatic N) is 1. The Morgan fingerprint density at radius 2 is 2.16 bits per heavy atom. The predicted octanol–water partition coefficient (Wildman–Crippen LogP) is 1.81. The molecule has 2 rings (SSSR count). The quantitative estimate of drug-likeness (QED) is 0.874. The summed E-state index contributed by atoms with van der Waals surface area (Å²) in [5, 5.41) is 5.77. The molecule has 0 saturated carbocycles. The van der Waals surface area contributed by atoms with E-state index in [1.165, 1.54) is 0 Å². The Hall–Kier alpha value is -1.72. The molecule has 0 radical (unpaired) electrons. The molecule has 2 aromatic rings. The van der Waals surface area contributed by atoms with Crippen LogP contribution in [0.15, 0.2) is 35.7 Å². The largest absolute Gasteiger partial charge is 0.349 e. The summed E-state index contributed by atoms with van der Waals surface area (Å²) in [4.78, 5) is 16.5. The van der Waals surface area contributed by atoms with E-state index < -0.39 is 0 Å². The van der Waals surface area contributed by atoms with Crippen molar-refractivity contribution in [2.24, 2.45) is 5.73 Å². The molecule has 1 amide bonds. The molecule has 1 unspecified atom stereocenters. The third-order valence-corrected chi connectivity index (χ3v) is 3.80. The van der Waals surface area contributed by atoms with Crippen LogP contribution in [-0.2, 0) is 11.3 Å². The minimum Gasteiger partial charge on any atom is -0.349 e. The number of carbonyl (C=O) groups excluding carboxylic acids is 1. The van der Waals surface area contributed by atoms with Gasteiger partial charge in [0.2, 0.25) is 5.91 Å². The number of hydrogen-bond acceptors (Lipinski definition) is 4. The van der Waals surface area contributed by atoms with Gasteiger partial charge in [-0.1, -0.05) is 30.3 Å². The van der Waals surface area contributed by atoms with E-state index in [-0.39, 0.29) is 11.8 Å². The molecule has 1 atom stereocenters. The minimum absolute atomic E-state index is 0.0541. The molecule has 1 aromatic heterocycles. The highest BCUT2D eigenvalue weighted by Crippen LogP contribution is 2.15. The second kappa shape index (κ2) is 6.45. The average molecular weight is 275 g/mol. The molecule has 3 N–H and O–H groups in total. The Morgan fingerprint density at radius 3 is 2.74 bits per heavy atom. The molecule has 0 aliphatic carbocycles. The normalized spacial score (nSPS) is 12.1. The smallest absolute Gasteiger partial charge is 0.229 e. The molecule has 5 heteroatoms. The van der Waals surface area contributed by atoms with Gasteiger partial charge < -0.3 is 11.1 Å². The first kappa shape index (κ1) is 13.7. The molecule has 0 fully saturated rings. The number of benzene rings is 1. The number of rotatable bonds is 5. The SMILES string of the molecule is Cc1csc(CNC(=O)C(CN)c2ccccc2)n1. The van der Waals surface area contributed by atoms with Crippen LogP contribution in [-0.4, -0.2) is 17.4 Å². The van der Waals surface area contributed by atoms with Crippen molar-refractivity contribution in [1.82, 2.24) is 10.3 Å². The van der Waals surface area contributed by atoms with Crippen LogP contribution in [0.25, 0.3) is 0 Å². The maximum Gasteiger partial charge on any atom is 0.229 e. The Kier molecular flexibility index (Phi) is 4.65. The molecule has 0 bridgehead atoms. The number of aryl methyl sites for hydroxylation is 1. The fourth-order valence-electron chi connectivity index (χ4n) is 1.85. The van der Waals surface area contributed by atoms with E-state index in [0.717, 1.165) is 16.3 Å². The molecule has 0 aliphatic heterocycles. The summed E-state index contributed by atoms with van der Waals surface area (Å²) in [5.74, 6) is -0.358. The van der Waals surface area contributed by atoms with Crippen LogP contribution >= 0.6 is 11.3 Å². The van der Waals surface area contributed by atoms with Crippen LogP contribution in [0.5, 0.6) is 0 Å². The van der Waals surface area contributed by atoms with Gasteiger partial charge in [0.1, 0.15) is 5.01 Å². The summed E-state index contributed by atoms with van der Waals surface area (Å²) in [6, 6.07) is 9.59. The molecule has 1 heterocycles. The van der Waals surface area contributed by atoms with Crippen molar-refractivity contribution in [3.05, 3.63) is 52.0 Å². The lowest BCUT2D eigenvalue weighted by Gasteiger charge is -2.14. The van der Waals surface area contributed by atoms with Gasteiger partial charge in [0.05, 0.1) is 12.5 Å². The van der Waals surface area contributed by atoms with Crippen molar-refractivity contribution in [2.45, 2.75) is 19.4 Å². The van der Waals surface area contributed by atoms with E-state index in [1.54, 1.807) is 11.3 Å². The van der Waals surface area contributed by atoms with Gasteiger partial charge in [0.15, 0.2) is 0 Å². The molecule has 19 heavy (non-hydrogen) atoms. The van der Waals surface area contributed by atoms with Gasteiger partial charge in [0.25, 0.3) is 0 Å². The fourth-order valence-corrected chi connectivity index (χ4v) is 2.56. The number of thiazole rings is 1. The fraction of sp³-hybridized carbons (Fsp3) is 0.286. The first-order valence-electron chi connectivity index (χ1n) is 6.14. The number of aromatic nitrogens is 1. The van der Waals surface area contributed by atoms with Crippen LogP contribution in [0.1, 0.15) is 22.2 Å². The molecule has 1 aromatic carbocycles. The summed E-state index contributed by atoms with van der Waals surface area (Å²) in [6.07, 6.45) is 0. The van der Waals surface area contributed by atoms with Crippen molar-refractivity contribution in [2.75, 3.05) is 6.54 Å². The van der Waals surface area contributed by atoms with Gasteiger partial charge in [-0.05, 0) is 12.5 Å². The molecule has 0 aliphatic rings. The molecule has 4 nitrogen and oxygen atoms in total. The number of hydrogen-bond donors (Lipinski definition) is 2. The van der Waals surface area contributed by atoms with E-state index >= 15 is 0 Å². The standard InChI is InChI=1S/C14H17N3OS/c1-10-9-19-13(17-10)8-16-14(18)12(7-15)11-5-3-2-4-6-11/h2-6,9,12H,7-8,15H2,1H3,(H,16,18). The predicted molar refractivity (Wildman–Crippen MR) is 76.9 cm³/mol. The van der Waals surface area contributed by atoms with E-state index in [0.29, 0.717) is 13.1 Å². The molecule has 0 saturated heterocycles. The number of nitrogens with two attached hydrogens (primary N) is 1. The lowest BCUT2D eigenvalue weighted by Crippen LogP contribution is -2.33. The lowest BCUT2D eigenvalue weighted by molar-refractivity contribution is -0.122. The van der Waals surface area contributed by atoms with E-state index in [9.17, 15) is 4.79 Å². The second-order valence-corrected chi connectivity index (χ2v) is 5.24. The summed E-state index contributed by atoms with van der Waals surface area (Å²) in [7, 11) is 0. The third-order valence-electron chi connectivity index (χ3n) is 2.83. The van der Waals surface area contributed by atoms with Crippen LogP contribution in [0.2, 0.25) is 0 Å². The van der Waals surface area contributed by atoms with E-state index in [1.807, 2.05) is 42.6 Å². The van der Waals surface area contributed by atoms with Gasteiger partial charge in [-0.25, -0.2) is 4.98 Å².